The number of nitrogens with one attached hydrogen (secondary N) is 1. The summed E-state index contributed by atoms with van der Waals surface area (Å²) in [5, 5.41) is 6.83. The van der Waals surface area contributed by atoms with Gasteiger partial charge in [0, 0.05) is 24.2 Å². The maximum Gasteiger partial charge on any atom is 0.245 e. The molecule has 0 bridgehead atoms. The van der Waals surface area contributed by atoms with E-state index in [9.17, 15) is 13.2 Å². The van der Waals surface area contributed by atoms with Crippen LogP contribution in [0, 0.1) is 5.92 Å². The molecule has 1 atom stereocenters. The van der Waals surface area contributed by atoms with Crippen LogP contribution in [-0.4, -0.2) is 35.3 Å². The number of nitrogens with zero attached hydrogens (tertiary/aromatic N) is 3. The van der Waals surface area contributed by atoms with Crippen LogP contribution in [0.1, 0.15) is 45.0 Å². The van der Waals surface area contributed by atoms with Gasteiger partial charge in [0.15, 0.2) is 0 Å². The van der Waals surface area contributed by atoms with Crippen LogP contribution in [0.5, 0.6) is 0 Å². The van der Waals surface area contributed by atoms with Crippen LogP contribution in [0.4, 0.5) is 5.69 Å². The van der Waals surface area contributed by atoms with Gasteiger partial charge in [-0.3, -0.25) is 4.79 Å². The van der Waals surface area contributed by atoms with E-state index in [1.807, 2.05) is 44.2 Å². The molecule has 32 heavy (non-hydrogen) atoms. The Balaban J connectivity index is 1.52. The molecule has 0 unspecified atom stereocenters. The van der Waals surface area contributed by atoms with Gasteiger partial charge >= 0.3 is 0 Å². The molecule has 1 aromatic heterocycles. The molecule has 4 rings (SSSR count). The van der Waals surface area contributed by atoms with Gasteiger partial charge in [-0.15, -0.1) is 0 Å². The zero-order valence-electron chi connectivity index (χ0n) is 18.1. The van der Waals surface area contributed by atoms with Crippen molar-refractivity contribution in [2.45, 2.75) is 44.0 Å². The lowest BCUT2D eigenvalue weighted by atomic mass is 10.1. The van der Waals surface area contributed by atoms with E-state index in [4.69, 9.17) is 4.52 Å². The normalized spacial score (nSPS) is 17.0. The summed E-state index contributed by atoms with van der Waals surface area (Å²) >= 11 is 0. The highest BCUT2D eigenvalue weighted by molar-refractivity contribution is 7.89. The van der Waals surface area contributed by atoms with E-state index in [2.05, 4.69) is 15.5 Å². The number of anilines is 1. The fourth-order valence-electron chi connectivity index (χ4n) is 3.78. The molecule has 3 aromatic rings. The van der Waals surface area contributed by atoms with Crippen LogP contribution in [0.2, 0.25) is 0 Å². The summed E-state index contributed by atoms with van der Waals surface area (Å²) in [5.74, 6) is 0.878. The number of benzene rings is 2. The Hall–Kier alpha value is -3.04. The topological polar surface area (TPSA) is 105 Å². The van der Waals surface area contributed by atoms with Gasteiger partial charge in [-0.2, -0.15) is 9.29 Å². The number of carbonyl (C=O) groups is 1. The smallest absolute Gasteiger partial charge is 0.245 e. The number of rotatable bonds is 7. The summed E-state index contributed by atoms with van der Waals surface area (Å²) in [6.45, 7) is 4.31. The predicted octanol–water partition coefficient (Wildman–Crippen LogP) is 4.25. The summed E-state index contributed by atoms with van der Waals surface area (Å²) in [7, 11) is -3.76. The van der Waals surface area contributed by atoms with Crippen LogP contribution in [0.3, 0.4) is 0 Å². The van der Waals surface area contributed by atoms with Crippen LogP contribution in [-0.2, 0) is 14.8 Å². The third-order valence-electron chi connectivity index (χ3n) is 5.30. The third-order valence-corrected chi connectivity index (χ3v) is 7.22. The van der Waals surface area contributed by atoms with E-state index >= 15 is 0 Å². The van der Waals surface area contributed by atoms with Crippen molar-refractivity contribution in [1.29, 1.82) is 0 Å². The quantitative estimate of drug-likeness (QED) is 0.572. The van der Waals surface area contributed by atoms with Crippen molar-refractivity contribution in [3.63, 3.8) is 0 Å². The van der Waals surface area contributed by atoms with E-state index in [1.165, 1.54) is 16.4 Å². The number of amides is 1. The van der Waals surface area contributed by atoms with Crippen molar-refractivity contribution < 1.29 is 17.7 Å². The molecule has 0 saturated carbocycles. The third kappa shape index (κ3) is 4.73. The Bertz CT molecular complexity index is 1170. The van der Waals surface area contributed by atoms with Crippen LogP contribution in [0.25, 0.3) is 11.4 Å². The average molecular weight is 455 g/mol. The standard InChI is InChI=1S/C23H26N4O4S/c1-16(2)15-21(28)24-18-10-12-19(13-11-18)32(29,30)27-14-6-9-20(27)23-25-22(26-31-23)17-7-4-3-5-8-17/h3-5,7-8,10-13,16,20H,6,9,14-15H2,1-2H3,(H,24,28)/t20-/m1/s1. The van der Waals surface area contributed by atoms with E-state index in [-0.39, 0.29) is 16.7 Å². The number of hydrogen-bond donors (Lipinski definition) is 1. The van der Waals surface area contributed by atoms with Crippen molar-refractivity contribution in [3.8, 4) is 11.4 Å². The van der Waals surface area contributed by atoms with Crippen molar-refractivity contribution in [2.24, 2.45) is 5.92 Å². The van der Waals surface area contributed by atoms with Crippen molar-refractivity contribution in [1.82, 2.24) is 14.4 Å². The summed E-state index contributed by atoms with van der Waals surface area (Å²) in [6, 6.07) is 15.1. The highest BCUT2D eigenvalue weighted by Gasteiger charge is 2.39. The zero-order valence-corrected chi connectivity index (χ0v) is 18.9. The van der Waals surface area contributed by atoms with Gasteiger partial charge in [0.1, 0.15) is 6.04 Å². The second-order valence-electron chi connectivity index (χ2n) is 8.27. The Morgan fingerprint density at radius 3 is 2.56 bits per heavy atom. The van der Waals surface area contributed by atoms with E-state index in [0.717, 1.165) is 5.56 Å². The Morgan fingerprint density at radius 1 is 1.16 bits per heavy atom. The molecule has 2 heterocycles. The summed E-state index contributed by atoms with van der Waals surface area (Å²) in [5.41, 5.74) is 1.38. The largest absolute Gasteiger partial charge is 0.337 e. The van der Waals surface area contributed by atoms with E-state index in [0.29, 0.717) is 43.2 Å². The lowest BCUT2D eigenvalue weighted by Crippen LogP contribution is -2.30. The van der Waals surface area contributed by atoms with E-state index < -0.39 is 16.1 Å². The predicted molar refractivity (Wildman–Crippen MR) is 120 cm³/mol. The summed E-state index contributed by atoms with van der Waals surface area (Å²) in [6.07, 6.45) is 1.72. The fourth-order valence-corrected chi connectivity index (χ4v) is 5.43. The average Bonchev–Trinajstić information content (AvgIpc) is 3.44. The molecule has 1 aliphatic rings. The molecule has 168 valence electrons. The first-order valence-corrected chi connectivity index (χ1v) is 12.1. The highest BCUT2D eigenvalue weighted by atomic mass is 32.2. The van der Waals surface area contributed by atoms with Gasteiger partial charge in [0.2, 0.25) is 27.6 Å². The molecule has 1 fully saturated rings. The van der Waals surface area contributed by atoms with Gasteiger partial charge in [-0.05, 0) is 43.0 Å². The lowest BCUT2D eigenvalue weighted by molar-refractivity contribution is -0.116. The second kappa shape index (κ2) is 9.22. The maximum atomic E-state index is 13.3. The molecule has 8 nitrogen and oxygen atoms in total. The molecular weight excluding hydrogens is 428 g/mol. The minimum absolute atomic E-state index is 0.0965. The molecule has 0 aliphatic carbocycles. The molecule has 1 saturated heterocycles. The van der Waals surface area contributed by atoms with Gasteiger partial charge in [0.25, 0.3) is 0 Å². The first-order valence-electron chi connectivity index (χ1n) is 10.7. The number of hydrogen-bond acceptors (Lipinski definition) is 6. The molecule has 1 aliphatic heterocycles. The molecule has 9 heteroatoms. The van der Waals surface area contributed by atoms with Gasteiger partial charge in [-0.1, -0.05) is 49.3 Å². The van der Waals surface area contributed by atoms with Gasteiger partial charge < -0.3 is 9.84 Å². The zero-order chi connectivity index (χ0) is 22.7. The minimum atomic E-state index is -3.76. The second-order valence-corrected chi connectivity index (χ2v) is 10.2. The van der Waals surface area contributed by atoms with Gasteiger partial charge in [0.05, 0.1) is 4.90 Å². The van der Waals surface area contributed by atoms with Crippen LogP contribution in [0.15, 0.2) is 64.0 Å². The number of carbonyl (C=O) groups excluding carboxylic acids is 1. The lowest BCUT2D eigenvalue weighted by Gasteiger charge is -2.21. The maximum absolute atomic E-state index is 13.3. The Labute approximate surface area is 187 Å². The molecule has 0 spiro atoms. The molecule has 2 aromatic carbocycles. The summed E-state index contributed by atoms with van der Waals surface area (Å²) < 4.78 is 33.5. The number of sulfonamides is 1. The summed E-state index contributed by atoms with van der Waals surface area (Å²) in [4.78, 5) is 16.6. The van der Waals surface area contributed by atoms with Crippen LogP contribution < -0.4 is 5.32 Å². The first kappa shape index (κ1) is 22.2. The first-order chi connectivity index (χ1) is 15.3. The van der Waals surface area contributed by atoms with Gasteiger partial charge in [-0.25, -0.2) is 8.42 Å². The van der Waals surface area contributed by atoms with Crippen molar-refractivity contribution >= 4 is 21.6 Å². The van der Waals surface area contributed by atoms with E-state index in [1.54, 1.807) is 12.1 Å². The molecule has 1 amide bonds. The highest BCUT2D eigenvalue weighted by Crippen LogP contribution is 2.36. The Kier molecular flexibility index (Phi) is 6.38. The van der Waals surface area contributed by atoms with Crippen molar-refractivity contribution in [2.75, 3.05) is 11.9 Å². The van der Waals surface area contributed by atoms with Crippen molar-refractivity contribution in [3.05, 3.63) is 60.5 Å². The number of aromatic nitrogens is 2. The minimum Gasteiger partial charge on any atom is -0.337 e. The molecule has 1 N–H and O–H groups in total. The SMILES string of the molecule is CC(C)CC(=O)Nc1ccc(S(=O)(=O)N2CCC[C@@H]2c2nc(-c3ccccc3)no2)cc1. The fraction of sp³-hybridized carbons (Fsp3) is 0.348. The molecule has 0 radical (unpaired) electrons. The Morgan fingerprint density at radius 2 is 1.88 bits per heavy atom. The monoisotopic (exact) mass is 454 g/mol. The van der Waals surface area contributed by atoms with Crippen LogP contribution >= 0.6 is 0 Å². The molecular formula is C23H26N4O4S.